The fourth-order valence-corrected chi connectivity index (χ4v) is 1.88. The molecule has 1 amide bonds. The number of nitrogens with two attached hydrogens (primary N) is 1. The van der Waals surface area contributed by atoms with E-state index in [-0.39, 0.29) is 5.78 Å². The van der Waals surface area contributed by atoms with Crippen molar-refractivity contribution in [3.8, 4) is 0 Å². The van der Waals surface area contributed by atoms with Gasteiger partial charge in [0.2, 0.25) is 5.91 Å². The van der Waals surface area contributed by atoms with Gasteiger partial charge in [-0.1, -0.05) is 18.2 Å². The monoisotopic (exact) mass is 257 g/mol. The summed E-state index contributed by atoms with van der Waals surface area (Å²) in [5.41, 5.74) is 9.33. The molecule has 0 unspecified atom stereocenters. The molecule has 2 N–H and O–H groups in total. The molecule has 0 aromatic heterocycles. The summed E-state index contributed by atoms with van der Waals surface area (Å²) in [7, 11) is 0. The number of Topliss-reactive ketones (excluding diaryl/α,β-unsaturated/α-hetero) is 1. The first-order valence-electron chi connectivity index (χ1n) is 6.13. The molecule has 0 aliphatic heterocycles. The maximum atomic E-state index is 11.4. The lowest BCUT2D eigenvalue weighted by Gasteiger charge is -2.11. The maximum absolute atomic E-state index is 11.4. The van der Waals surface area contributed by atoms with Crippen LogP contribution in [0.1, 0.15) is 43.6 Å². The van der Waals surface area contributed by atoms with Crippen LogP contribution in [-0.4, -0.2) is 11.7 Å². The molecule has 0 heterocycles. The molecule has 1 aromatic rings. The van der Waals surface area contributed by atoms with Crippen LogP contribution in [-0.2, 0) is 4.79 Å². The van der Waals surface area contributed by atoms with Crippen LogP contribution in [0.15, 0.2) is 41.5 Å². The zero-order valence-corrected chi connectivity index (χ0v) is 11.8. The normalized spacial score (nSPS) is 12.9. The van der Waals surface area contributed by atoms with Gasteiger partial charge in [0.25, 0.3) is 0 Å². The number of hydrogen-bond donors (Lipinski definition) is 1. The molecule has 0 aliphatic rings. The predicted octanol–water partition coefficient (Wildman–Crippen LogP) is 3.11. The molecule has 0 saturated carbocycles. The third kappa shape index (κ3) is 3.41. The number of primary amides is 1. The summed E-state index contributed by atoms with van der Waals surface area (Å²) in [6.07, 6.45) is 1.96. The van der Waals surface area contributed by atoms with Gasteiger partial charge in [-0.25, -0.2) is 0 Å². The molecule has 100 valence electrons. The Labute approximate surface area is 113 Å². The van der Waals surface area contributed by atoms with Crippen molar-refractivity contribution >= 4 is 17.3 Å². The Kier molecular flexibility index (Phi) is 4.81. The summed E-state index contributed by atoms with van der Waals surface area (Å²) in [6, 6.07) is 7.06. The van der Waals surface area contributed by atoms with Gasteiger partial charge in [-0.15, -0.1) is 0 Å². The van der Waals surface area contributed by atoms with Crippen molar-refractivity contribution in [1.82, 2.24) is 0 Å². The Bertz CT molecular complexity index is 563. The Hall–Kier alpha value is -2.16. The van der Waals surface area contributed by atoms with Crippen molar-refractivity contribution in [3.05, 3.63) is 52.6 Å². The molecular formula is C16H19NO2. The van der Waals surface area contributed by atoms with Crippen molar-refractivity contribution in [1.29, 1.82) is 0 Å². The van der Waals surface area contributed by atoms with Crippen LogP contribution < -0.4 is 5.73 Å². The van der Waals surface area contributed by atoms with Crippen molar-refractivity contribution < 1.29 is 9.59 Å². The second-order valence-corrected chi connectivity index (χ2v) is 4.45. The predicted molar refractivity (Wildman–Crippen MR) is 77.7 cm³/mol. The Morgan fingerprint density at radius 2 is 1.42 bits per heavy atom. The smallest absolute Gasteiger partial charge is 0.248 e. The highest BCUT2D eigenvalue weighted by Gasteiger charge is 2.09. The van der Waals surface area contributed by atoms with Crippen LogP contribution in [0.25, 0.3) is 5.57 Å². The molecule has 3 nitrogen and oxygen atoms in total. The molecule has 0 fully saturated rings. The number of hydrogen-bond acceptors (Lipinski definition) is 2. The minimum Gasteiger partial charge on any atom is -0.366 e. The number of benzene rings is 1. The van der Waals surface area contributed by atoms with Gasteiger partial charge in [0, 0.05) is 5.56 Å². The topological polar surface area (TPSA) is 60.2 Å². The van der Waals surface area contributed by atoms with Crippen LogP contribution in [0.3, 0.4) is 0 Å². The summed E-state index contributed by atoms with van der Waals surface area (Å²) in [5, 5.41) is 0. The molecule has 1 aromatic carbocycles. The number of allylic oxidation sites excluding steroid dienone is 4. The molecule has 3 heteroatoms. The molecule has 0 radical (unpaired) electrons. The van der Waals surface area contributed by atoms with Crippen LogP contribution in [0, 0.1) is 0 Å². The van der Waals surface area contributed by atoms with E-state index in [9.17, 15) is 9.59 Å². The minimum atomic E-state index is -0.444. The molecule has 0 spiro atoms. The fourth-order valence-electron chi connectivity index (χ4n) is 1.88. The van der Waals surface area contributed by atoms with E-state index in [0.29, 0.717) is 5.56 Å². The van der Waals surface area contributed by atoms with Gasteiger partial charge in [0.1, 0.15) is 0 Å². The highest BCUT2D eigenvalue weighted by Crippen LogP contribution is 2.25. The SMILES string of the molecule is C/C=C(\C(C)=C(\C)C(C)=O)c1ccc(C(N)=O)cc1. The second-order valence-electron chi connectivity index (χ2n) is 4.45. The van der Waals surface area contributed by atoms with Crippen molar-refractivity contribution in [2.75, 3.05) is 0 Å². The van der Waals surface area contributed by atoms with E-state index in [1.165, 1.54) is 0 Å². The van der Waals surface area contributed by atoms with Gasteiger partial charge in [-0.2, -0.15) is 0 Å². The van der Waals surface area contributed by atoms with E-state index in [0.717, 1.165) is 22.3 Å². The maximum Gasteiger partial charge on any atom is 0.248 e. The van der Waals surface area contributed by atoms with Gasteiger partial charge in [-0.3, -0.25) is 9.59 Å². The van der Waals surface area contributed by atoms with E-state index in [1.54, 1.807) is 19.1 Å². The zero-order valence-electron chi connectivity index (χ0n) is 11.8. The van der Waals surface area contributed by atoms with Crippen LogP contribution in [0.2, 0.25) is 0 Å². The van der Waals surface area contributed by atoms with Gasteiger partial charge < -0.3 is 5.73 Å². The van der Waals surface area contributed by atoms with Gasteiger partial charge in [0.05, 0.1) is 0 Å². The third-order valence-corrected chi connectivity index (χ3v) is 3.26. The number of carbonyl (C=O) groups excluding carboxylic acids is 2. The highest BCUT2D eigenvalue weighted by molar-refractivity contribution is 5.98. The second kappa shape index (κ2) is 6.14. The molecule has 0 saturated heterocycles. The average Bonchev–Trinajstić information content (AvgIpc) is 2.38. The van der Waals surface area contributed by atoms with Gasteiger partial charge in [0.15, 0.2) is 5.78 Å². The minimum absolute atomic E-state index is 0.0607. The molecule has 0 bridgehead atoms. The first-order chi connectivity index (χ1) is 8.88. The third-order valence-electron chi connectivity index (χ3n) is 3.26. The average molecular weight is 257 g/mol. The summed E-state index contributed by atoms with van der Waals surface area (Å²) in [6.45, 7) is 7.23. The first kappa shape index (κ1) is 14.9. The van der Waals surface area contributed by atoms with E-state index >= 15 is 0 Å². The fraction of sp³-hybridized carbons (Fsp3) is 0.250. The lowest BCUT2D eigenvalue weighted by atomic mass is 9.93. The number of ketones is 1. The summed E-state index contributed by atoms with van der Waals surface area (Å²) in [4.78, 5) is 22.5. The largest absolute Gasteiger partial charge is 0.366 e. The molecule has 1 rings (SSSR count). The van der Waals surface area contributed by atoms with Gasteiger partial charge in [-0.05, 0) is 62.1 Å². The van der Waals surface area contributed by atoms with E-state index in [1.807, 2.05) is 39.0 Å². The first-order valence-corrected chi connectivity index (χ1v) is 6.13. The van der Waals surface area contributed by atoms with Crippen molar-refractivity contribution in [2.24, 2.45) is 5.73 Å². The van der Waals surface area contributed by atoms with Crippen LogP contribution in [0.4, 0.5) is 0 Å². The molecular weight excluding hydrogens is 238 g/mol. The summed E-state index contributed by atoms with van der Waals surface area (Å²) >= 11 is 0. The highest BCUT2D eigenvalue weighted by atomic mass is 16.1. The molecule has 0 atom stereocenters. The molecule has 0 aliphatic carbocycles. The number of carbonyl (C=O) groups is 2. The van der Waals surface area contributed by atoms with Crippen LogP contribution >= 0.6 is 0 Å². The lowest BCUT2D eigenvalue weighted by molar-refractivity contribution is -0.113. The molecule has 19 heavy (non-hydrogen) atoms. The summed E-state index contributed by atoms with van der Waals surface area (Å²) < 4.78 is 0. The number of amides is 1. The Balaban J connectivity index is 3.23. The van der Waals surface area contributed by atoms with Gasteiger partial charge >= 0.3 is 0 Å². The van der Waals surface area contributed by atoms with Crippen molar-refractivity contribution in [3.63, 3.8) is 0 Å². The summed E-state index contributed by atoms with van der Waals surface area (Å²) in [5.74, 6) is -0.383. The lowest BCUT2D eigenvalue weighted by Crippen LogP contribution is -2.10. The van der Waals surface area contributed by atoms with E-state index in [2.05, 4.69) is 0 Å². The van der Waals surface area contributed by atoms with Crippen LogP contribution in [0.5, 0.6) is 0 Å². The van der Waals surface area contributed by atoms with E-state index in [4.69, 9.17) is 5.73 Å². The quantitative estimate of drug-likeness (QED) is 0.665. The Morgan fingerprint density at radius 3 is 1.79 bits per heavy atom. The van der Waals surface area contributed by atoms with Crippen molar-refractivity contribution in [2.45, 2.75) is 27.7 Å². The number of rotatable bonds is 4. The van der Waals surface area contributed by atoms with E-state index < -0.39 is 5.91 Å². The Morgan fingerprint density at radius 1 is 0.947 bits per heavy atom. The zero-order chi connectivity index (χ0) is 14.6. The standard InChI is InChI=1S/C16H19NO2/c1-5-15(11(3)10(2)12(4)18)13-6-8-14(9-7-13)16(17)19/h5-9H,1-4H3,(H2,17,19)/b11-10-,15-5+.